The number of halogens is 1. The zero-order valence-corrected chi connectivity index (χ0v) is 19.9. The number of aromatic nitrogens is 6. The number of nitrogens with zero attached hydrogens (tertiary/aromatic N) is 5. The number of amides is 2. The van der Waals surface area contributed by atoms with E-state index in [2.05, 4.69) is 50.0 Å². The Morgan fingerprint density at radius 3 is 2.73 bits per heavy atom. The number of thiazole rings is 1. The van der Waals surface area contributed by atoms with Gasteiger partial charge in [0.1, 0.15) is 33.1 Å². The summed E-state index contributed by atoms with van der Waals surface area (Å²) in [4.78, 5) is 42.1. The first-order chi connectivity index (χ1) is 15.6. The molecular weight excluding hydrogens is 466 g/mol. The molecule has 0 aliphatic heterocycles. The normalized spacial score (nSPS) is 14.0. The summed E-state index contributed by atoms with van der Waals surface area (Å²) >= 11 is 1.13. The number of anilines is 1. The molecular formula is C20H20FN8O2PS. The van der Waals surface area contributed by atoms with Gasteiger partial charge in [-0.05, 0) is 32.4 Å². The van der Waals surface area contributed by atoms with Crippen molar-refractivity contribution in [3.8, 4) is 0 Å². The van der Waals surface area contributed by atoms with Crippen LogP contribution in [0, 0.1) is 6.92 Å². The average molecular weight is 486 g/mol. The second-order valence-electron chi connectivity index (χ2n) is 7.53. The second kappa shape index (κ2) is 8.87. The molecule has 0 radical (unpaired) electrons. The fraction of sp³-hybridized carbons (Fsp3) is 0.250. The summed E-state index contributed by atoms with van der Waals surface area (Å²) in [6, 6.07) is 1.03. The van der Waals surface area contributed by atoms with E-state index in [9.17, 15) is 14.0 Å². The summed E-state index contributed by atoms with van der Waals surface area (Å²) in [5.41, 5.74) is 1.73. The van der Waals surface area contributed by atoms with E-state index in [1.165, 1.54) is 37.9 Å². The quantitative estimate of drug-likeness (QED) is 0.356. The lowest BCUT2D eigenvalue weighted by molar-refractivity contribution is 0.0936. The molecule has 0 aliphatic carbocycles. The Balaban J connectivity index is 1.46. The van der Waals surface area contributed by atoms with Crippen LogP contribution in [0.4, 0.5) is 10.2 Å². The molecule has 0 aromatic carbocycles. The van der Waals surface area contributed by atoms with Gasteiger partial charge >= 0.3 is 0 Å². The number of fused-ring (bicyclic) bond motifs is 1. The lowest BCUT2D eigenvalue weighted by atomic mass is 10.1. The van der Waals surface area contributed by atoms with E-state index >= 15 is 0 Å². The topological polar surface area (TPSA) is 138 Å². The van der Waals surface area contributed by atoms with Crippen LogP contribution in [-0.4, -0.2) is 41.9 Å². The Bertz CT molecular complexity index is 1350. The highest BCUT2D eigenvalue weighted by atomic mass is 32.1. The number of nitrogens with one attached hydrogen (secondary N) is 3. The molecule has 0 saturated carbocycles. The molecule has 0 aliphatic rings. The molecule has 4 aromatic rings. The van der Waals surface area contributed by atoms with Crippen molar-refractivity contribution < 1.29 is 14.0 Å². The molecule has 10 nitrogen and oxygen atoms in total. The van der Waals surface area contributed by atoms with E-state index in [0.717, 1.165) is 11.3 Å². The van der Waals surface area contributed by atoms with E-state index in [0.29, 0.717) is 32.0 Å². The minimum atomic E-state index is -1.65. The van der Waals surface area contributed by atoms with Gasteiger partial charge in [-0.3, -0.25) is 14.7 Å². The van der Waals surface area contributed by atoms with Crippen LogP contribution in [0.1, 0.15) is 56.2 Å². The van der Waals surface area contributed by atoms with Crippen LogP contribution < -0.4 is 10.6 Å². The predicted molar refractivity (Wildman–Crippen MR) is 125 cm³/mol. The maximum Gasteiger partial charge on any atom is 0.271 e. The van der Waals surface area contributed by atoms with Gasteiger partial charge in [-0.2, -0.15) is 5.10 Å². The highest BCUT2D eigenvalue weighted by Gasteiger charge is 2.23. The minimum absolute atomic E-state index is 0.185. The van der Waals surface area contributed by atoms with Gasteiger partial charge in [0, 0.05) is 11.8 Å². The van der Waals surface area contributed by atoms with Crippen molar-refractivity contribution in [2.45, 2.75) is 32.2 Å². The van der Waals surface area contributed by atoms with Gasteiger partial charge in [0.2, 0.25) is 0 Å². The molecule has 0 spiro atoms. The van der Waals surface area contributed by atoms with Crippen LogP contribution >= 0.6 is 20.6 Å². The molecule has 2 amide bonds. The van der Waals surface area contributed by atoms with Crippen molar-refractivity contribution in [1.82, 2.24) is 35.5 Å². The van der Waals surface area contributed by atoms with Crippen LogP contribution in [0.25, 0.3) is 11.0 Å². The Kier molecular flexibility index (Phi) is 6.13. The third kappa shape index (κ3) is 4.86. The van der Waals surface area contributed by atoms with Gasteiger partial charge in [0.05, 0.1) is 23.8 Å². The Morgan fingerprint density at radius 2 is 1.97 bits per heavy atom. The molecule has 33 heavy (non-hydrogen) atoms. The number of pyridine rings is 1. The van der Waals surface area contributed by atoms with Crippen LogP contribution in [0.2, 0.25) is 0 Å². The number of hydrogen-bond acceptors (Lipinski definition) is 8. The first-order valence-electron chi connectivity index (χ1n) is 9.80. The average Bonchev–Trinajstić information content (AvgIpc) is 3.43. The van der Waals surface area contributed by atoms with E-state index in [-0.39, 0.29) is 11.5 Å². The summed E-state index contributed by atoms with van der Waals surface area (Å²) in [6.07, 6.45) is 5.68. The van der Waals surface area contributed by atoms with Crippen molar-refractivity contribution in [1.29, 1.82) is 0 Å². The van der Waals surface area contributed by atoms with Crippen molar-refractivity contribution in [2.24, 2.45) is 0 Å². The highest BCUT2D eigenvalue weighted by molar-refractivity contribution is 7.18. The lowest BCUT2D eigenvalue weighted by Crippen LogP contribution is -2.27. The molecule has 4 rings (SSSR count). The number of alkyl halides is 1. The SMILES string of the molecule is Cc1cnc(NC(=O)c2cnc(C(C)NC(=O)c3ncnc4[nH]ncc34)s2)cc1C(C)(F)P. The predicted octanol–water partition coefficient (Wildman–Crippen LogP) is 3.27. The Labute approximate surface area is 194 Å². The van der Waals surface area contributed by atoms with Gasteiger partial charge in [-0.1, -0.05) is 9.24 Å². The van der Waals surface area contributed by atoms with Gasteiger partial charge in [-0.15, -0.1) is 11.3 Å². The first-order valence-corrected chi connectivity index (χ1v) is 11.2. The minimum Gasteiger partial charge on any atom is -0.342 e. The first kappa shape index (κ1) is 22.8. The largest absolute Gasteiger partial charge is 0.342 e. The third-order valence-corrected chi connectivity index (χ3v) is 6.29. The molecule has 0 saturated heterocycles. The summed E-state index contributed by atoms with van der Waals surface area (Å²) in [6.45, 7) is 4.91. The number of aromatic amines is 1. The van der Waals surface area contributed by atoms with Gasteiger partial charge in [0.25, 0.3) is 11.8 Å². The number of carbonyl (C=O) groups is 2. The van der Waals surface area contributed by atoms with E-state index in [4.69, 9.17) is 0 Å². The van der Waals surface area contributed by atoms with Gasteiger partial charge in [-0.25, -0.2) is 24.3 Å². The molecule has 4 aromatic heterocycles. The smallest absolute Gasteiger partial charge is 0.271 e. The molecule has 0 bridgehead atoms. The number of rotatable bonds is 6. The van der Waals surface area contributed by atoms with Crippen molar-refractivity contribution in [3.63, 3.8) is 0 Å². The lowest BCUT2D eigenvalue weighted by Gasteiger charge is -2.18. The van der Waals surface area contributed by atoms with Crippen molar-refractivity contribution >= 4 is 49.2 Å². The number of hydrogen-bond donors (Lipinski definition) is 3. The van der Waals surface area contributed by atoms with Crippen molar-refractivity contribution in [3.05, 3.63) is 57.7 Å². The molecule has 170 valence electrons. The fourth-order valence-corrected chi connectivity index (χ4v) is 4.29. The number of aryl methyl sites for hydroxylation is 1. The van der Waals surface area contributed by atoms with Gasteiger partial charge < -0.3 is 10.6 Å². The maximum atomic E-state index is 14.4. The number of H-pyrrole nitrogens is 1. The summed E-state index contributed by atoms with van der Waals surface area (Å²) in [5.74, 6) is -0.614. The molecule has 0 fully saturated rings. The van der Waals surface area contributed by atoms with Crippen molar-refractivity contribution in [2.75, 3.05) is 5.32 Å². The molecule has 3 unspecified atom stereocenters. The molecule has 3 N–H and O–H groups in total. The zero-order valence-electron chi connectivity index (χ0n) is 17.9. The number of carbonyl (C=O) groups excluding carboxylic acids is 2. The standard InChI is InChI=1S/C20H20FN8O2PS/c1-9-5-22-14(4-12(9)20(3,21)32)28-17(30)13-7-23-19(33-13)10(2)27-18(31)15-11-6-26-29-16(11)25-8-24-15/h4-8,10H,32H2,1-3H3,(H,27,31)(H,22,28,30)(H,24,25,26,29). The van der Waals surface area contributed by atoms with E-state index in [1.54, 1.807) is 13.8 Å². The van der Waals surface area contributed by atoms with Crippen LogP contribution in [-0.2, 0) is 5.41 Å². The van der Waals surface area contributed by atoms with Crippen LogP contribution in [0.15, 0.2) is 31.0 Å². The fourth-order valence-electron chi connectivity index (χ4n) is 3.16. The zero-order chi connectivity index (χ0) is 23.8. The molecule has 3 atom stereocenters. The molecule has 13 heteroatoms. The summed E-state index contributed by atoms with van der Waals surface area (Å²) in [7, 11) is 2.13. The van der Waals surface area contributed by atoms with E-state index in [1.807, 2.05) is 0 Å². The van der Waals surface area contributed by atoms with Crippen LogP contribution in [0.3, 0.4) is 0 Å². The Morgan fingerprint density at radius 1 is 1.18 bits per heavy atom. The summed E-state index contributed by atoms with van der Waals surface area (Å²) < 4.78 is 14.4. The Hall–Kier alpha value is -3.37. The van der Waals surface area contributed by atoms with Crippen LogP contribution in [0.5, 0.6) is 0 Å². The third-order valence-electron chi connectivity index (χ3n) is 4.80. The van der Waals surface area contributed by atoms with E-state index < -0.39 is 23.3 Å². The summed E-state index contributed by atoms with van der Waals surface area (Å²) in [5, 5.41) is 11.4. The van der Waals surface area contributed by atoms with Gasteiger partial charge in [0.15, 0.2) is 5.65 Å². The molecule has 4 heterocycles. The maximum absolute atomic E-state index is 14.4. The monoisotopic (exact) mass is 486 g/mol. The second-order valence-corrected chi connectivity index (χ2v) is 9.67. The highest BCUT2D eigenvalue weighted by Crippen LogP contribution is 2.35.